The summed E-state index contributed by atoms with van der Waals surface area (Å²) in [6.07, 6.45) is 0. The smallest absolute Gasteiger partial charge is 0.262 e. The van der Waals surface area contributed by atoms with E-state index in [1.165, 1.54) is 0 Å². The van der Waals surface area contributed by atoms with Crippen LogP contribution in [0.1, 0.15) is 0 Å². The Labute approximate surface area is 155 Å². The summed E-state index contributed by atoms with van der Waals surface area (Å²) in [7, 11) is 1.62. The van der Waals surface area contributed by atoms with Crippen molar-refractivity contribution >= 4 is 45.6 Å². The number of anilines is 1. The first kappa shape index (κ1) is 17.4. The van der Waals surface area contributed by atoms with Gasteiger partial charge in [0.05, 0.1) is 17.8 Å². The summed E-state index contributed by atoms with van der Waals surface area (Å²) in [5.41, 5.74) is 0.450. The molecule has 0 aromatic heterocycles. The lowest BCUT2D eigenvalue weighted by atomic mass is 10.1. The SMILES string of the molecule is COc1ccc2ccc(OCC(=O)Nc3cc(Cl)ccc3Cl)cc2c1. The zero-order valence-corrected chi connectivity index (χ0v) is 14.9. The summed E-state index contributed by atoms with van der Waals surface area (Å²) in [6.45, 7) is -0.141. The number of rotatable bonds is 5. The van der Waals surface area contributed by atoms with Crippen molar-refractivity contribution in [3.63, 3.8) is 0 Å². The molecule has 0 atom stereocenters. The van der Waals surface area contributed by atoms with E-state index >= 15 is 0 Å². The second-order valence-electron chi connectivity index (χ2n) is 5.34. The van der Waals surface area contributed by atoms with Gasteiger partial charge in [-0.2, -0.15) is 0 Å². The minimum atomic E-state index is -0.324. The summed E-state index contributed by atoms with van der Waals surface area (Å²) in [5, 5.41) is 5.61. The van der Waals surface area contributed by atoms with Crippen molar-refractivity contribution in [3.05, 3.63) is 64.6 Å². The van der Waals surface area contributed by atoms with Crippen LogP contribution in [0.5, 0.6) is 11.5 Å². The quantitative estimate of drug-likeness (QED) is 0.668. The molecule has 3 aromatic carbocycles. The lowest BCUT2D eigenvalue weighted by molar-refractivity contribution is -0.118. The number of amides is 1. The zero-order valence-electron chi connectivity index (χ0n) is 13.4. The van der Waals surface area contributed by atoms with Gasteiger partial charge in [-0.15, -0.1) is 0 Å². The number of benzene rings is 3. The number of carbonyl (C=O) groups is 1. The van der Waals surface area contributed by atoms with Crippen molar-refractivity contribution in [3.8, 4) is 11.5 Å². The van der Waals surface area contributed by atoms with Crippen LogP contribution < -0.4 is 14.8 Å². The molecule has 6 heteroatoms. The first-order valence-electron chi connectivity index (χ1n) is 7.50. The van der Waals surface area contributed by atoms with E-state index < -0.39 is 0 Å². The number of nitrogens with one attached hydrogen (secondary N) is 1. The minimum Gasteiger partial charge on any atom is -0.497 e. The number of hydrogen-bond donors (Lipinski definition) is 1. The van der Waals surface area contributed by atoms with E-state index in [4.69, 9.17) is 32.7 Å². The summed E-state index contributed by atoms with van der Waals surface area (Å²) < 4.78 is 10.8. The van der Waals surface area contributed by atoms with E-state index in [0.717, 1.165) is 16.5 Å². The van der Waals surface area contributed by atoms with Crippen LogP contribution in [0, 0.1) is 0 Å². The first-order chi connectivity index (χ1) is 12.0. The van der Waals surface area contributed by atoms with Crippen molar-refractivity contribution in [2.24, 2.45) is 0 Å². The molecule has 0 aliphatic heterocycles. The molecule has 4 nitrogen and oxygen atoms in total. The Morgan fingerprint density at radius 2 is 1.68 bits per heavy atom. The largest absolute Gasteiger partial charge is 0.497 e. The van der Waals surface area contributed by atoms with Gasteiger partial charge in [0.15, 0.2) is 6.61 Å². The van der Waals surface area contributed by atoms with Crippen molar-refractivity contribution < 1.29 is 14.3 Å². The predicted octanol–water partition coefficient (Wildman–Crippen LogP) is 5.17. The van der Waals surface area contributed by atoms with E-state index in [1.54, 1.807) is 25.3 Å². The fourth-order valence-electron chi connectivity index (χ4n) is 2.35. The minimum absolute atomic E-state index is 0.141. The Balaban J connectivity index is 1.67. The average molecular weight is 376 g/mol. The van der Waals surface area contributed by atoms with E-state index in [-0.39, 0.29) is 12.5 Å². The van der Waals surface area contributed by atoms with E-state index in [9.17, 15) is 4.79 Å². The third-order valence-corrected chi connectivity index (χ3v) is 4.16. The van der Waals surface area contributed by atoms with Gasteiger partial charge in [0.2, 0.25) is 0 Å². The van der Waals surface area contributed by atoms with Crippen LogP contribution in [0.15, 0.2) is 54.6 Å². The molecule has 128 valence electrons. The monoisotopic (exact) mass is 375 g/mol. The van der Waals surface area contributed by atoms with E-state index in [1.807, 2.05) is 36.4 Å². The number of hydrogen-bond acceptors (Lipinski definition) is 3. The maximum absolute atomic E-state index is 12.1. The van der Waals surface area contributed by atoms with Gasteiger partial charge in [-0.05, 0) is 53.2 Å². The highest BCUT2D eigenvalue weighted by Crippen LogP contribution is 2.26. The molecule has 1 amide bonds. The van der Waals surface area contributed by atoms with E-state index in [2.05, 4.69) is 5.32 Å². The number of ether oxygens (including phenoxy) is 2. The average Bonchev–Trinajstić information content (AvgIpc) is 2.62. The van der Waals surface area contributed by atoms with Crippen LogP contribution in [-0.2, 0) is 4.79 Å². The van der Waals surface area contributed by atoms with Crippen molar-refractivity contribution in [1.29, 1.82) is 0 Å². The highest BCUT2D eigenvalue weighted by Gasteiger charge is 2.08. The molecule has 0 saturated heterocycles. The molecule has 25 heavy (non-hydrogen) atoms. The molecule has 0 aliphatic rings. The van der Waals surface area contributed by atoms with Gasteiger partial charge in [-0.1, -0.05) is 35.3 Å². The number of fused-ring (bicyclic) bond motifs is 1. The summed E-state index contributed by atoms with van der Waals surface area (Å²) in [5.74, 6) is 1.03. The first-order valence-corrected chi connectivity index (χ1v) is 8.26. The standard InChI is InChI=1S/C19H15Cl2NO3/c1-24-15-5-2-12-3-6-16(9-13(12)8-15)25-11-19(23)22-18-10-14(20)4-7-17(18)21/h2-10H,11H2,1H3,(H,22,23). The molecule has 0 spiro atoms. The molecule has 3 rings (SSSR count). The number of methoxy groups -OCH3 is 1. The summed E-state index contributed by atoms with van der Waals surface area (Å²) in [6, 6.07) is 16.2. The van der Waals surface area contributed by atoms with Crippen LogP contribution in [0.3, 0.4) is 0 Å². The Kier molecular flexibility index (Phi) is 5.31. The van der Waals surface area contributed by atoms with Gasteiger partial charge in [-0.25, -0.2) is 0 Å². The number of carbonyl (C=O) groups excluding carboxylic acids is 1. The van der Waals surface area contributed by atoms with Crippen LogP contribution in [0.25, 0.3) is 10.8 Å². The lowest BCUT2D eigenvalue weighted by Gasteiger charge is -2.10. The Hall–Kier alpha value is -2.43. The highest BCUT2D eigenvalue weighted by atomic mass is 35.5. The van der Waals surface area contributed by atoms with Gasteiger partial charge in [0.1, 0.15) is 11.5 Å². The molecule has 1 N–H and O–H groups in total. The van der Waals surface area contributed by atoms with Gasteiger partial charge in [-0.3, -0.25) is 4.79 Å². The Bertz CT molecular complexity index is 928. The molecule has 0 heterocycles. The summed E-state index contributed by atoms with van der Waals surface area (Å²) in [4.78, 5) is 12.1. The third-order valence-electron chi connectivity index (χ3n) is 3.59. The highest BCUT2D eigenvalue weighted by molar-refractivity contribution is 6.35. The van der Waals surface area contributed by atoms with Crippen molar-refractivity contribution in [1.82, 2.24) is 0 Å². The molecule has 0 bridgehead atoms. The molecule has 0 unspecified atom stereocenters. The molecule has 3 aromatic rings. The van der Waals surface area contributed by atoms with Crippen molar-refractivity contribution in [2.75, 3.05) is 19.0 Å². The van der Waals surface area contributed by atoms with Crippen LogP contribution in [-0.4, -0.2) is 19.6 Å². The van der Waals surface area contributed by atoms with Crippen molar-refractivity contribution in [2.45, 2.75) is 0 Å². The van der Waals surface area contributed by atoms with Gasteiger partial charge in [0, 0.05) is 5.02 Å². The van der Waals surface area contributed by atoms with Gasteiger partial charge in [0.25, 0.3) is 5.91 Å². The molecular weight excluding hydrogens is 361 g/mol. The van der Waals surface area contributed by atoms with E-state index in [0.29, 0.717) is 21.5 Å². The second kappa shape index (κ2) is 7.64. The van der Waals surface area contributed by atoms with Gasteiger partial charge < -0.3 is 14.8 Å². The molecule has 0 radical (unpaired) electrons. The maximum atomic E-state index is 12.1. The van der Waals surface area contributed by atoms with Crippen LogP contribution >= 0.6 is 23.2 Å². The second-order valence-corrected chi connectivity index (χ2v) is 6.18. The Morgan fingerprint density at radius 1 is 0.960 bits per heavy atom. The topological polar surface area (TPSA) is 47.6 Å². The Morgan fingerprint density at radius 3 is 2.44 bits per heavy atom. The van der Waals surface area contributed by atoms with Crippen LogP contribution in [0.2, 0.25) is 10.0 Å². The lowest BCUT2D eigenvalue weighted by Crippen LogP contribution is -2.20. The normalized spacial score (nSPS) is 10.5. The number of halogens is 2. The predicted molar refractivity (Wildman–Crippen MR) is 101 cm³/mol. The van der Waals surface area contributed by atoms with Crippen LogP contribution in [0.4, 0.5) is 5.69 Å². The fourth-order valence-corrected chi connectivity index (χ4v) is 2.69. The molecular formula is C19H15Cl2NO3. The van der Waals surface area contributed by atoms with Gasteiger partial charge >= 0.3 is 0 Å². The maximum Gasteiger partial charge on any atom is 0.262 e. The molecule has 0 aliphatic carbocycles. The molecule has 0 fully saturated rings. The summed E-state index contributed by atoms with van der Waals surface area (Å²) >= 11 is 11.9. The fraction of sp³-hybridized carbons (Fsp3) is 0.105. The third kappa shape index (κ3) is 4.35. The molecule has 0 saturated carbocycles. The zero-order chi connectivity index (χ0) is 17.8.